The summed E-state index contributed by atoms with van der Waals surface area (Å²) in [5.74, 6) is -1.42. The molecule has 17 heavy (non-hydrogen) atoms. The van der Waals surface area contributed by atoms with E-state index in [1.165, 1.54) is 7.05 Å². The van der Waals surface area contributed by atoms with E-state index in [1.807, 2.05) is 0 Å². The highest BCUT2D eigenvalue weighted by Gasteiger charge is 2.44. The van der Waals surface area contributed by atoms with E-state index < -0.39 is 17.4 Å². The number of nitrogens with one attached hydrogen (secondary N) is 1. The van der Waals surface area contributed by atoms with Crippen LogP contribution < -0.4 is 5.32 Å². The highest BCUT2D eigenvalue weighted by atomic mass is 16.4. The summed E-state index contributed by atoms with van der Waals surface area (Å²) in [6.45, 7) is 3.60. The molecule has 0 bridgehead atoms. The van der Waals surface area contributed by atoms with Gasteiger partial charge < -0.3 is 10.4 Å². The lowest BCUT2D eigenvalue weighted by Crippen LogP contribution is -2.40. The molecule has 0 radical (unpaired) electrons. The molecule has 0 aliphatic carbocycles. The lowest BCUT2D eigenvalue weighted by Gasteiger charge is -2.19. The Bertz CT molecular complexity index is 351. The predicted octanol–water partition coefficient (Wildman–Crippen LogP) is -0.166. The largest absolute Gasteiger partial charge is 0.480 e. The zero-order chi connectivity index (χ0) is 13.2. The maximum absolute atomic E-state index is 11.8. The van der Waals surface area contributed by atoms with E-state index >= 15 is 0 Å². The molecule has 0 saturated carbocycles. The Hall–Kier alpha value is -1.43. The highest BCUT2D eigenvalue weighted by Crippen LogP contribution is 2.31. The van der Waals surface area contributed by atoms with Crippen molar-refractivity contribution >= 4 is 17.8 Å². The second-order valence-corrected chi connectivity index (χ2v) is 4.88. The molecule has 6 nitrogen and oxygen atoms in total. The van der Waals surface area contributed by atoms with Crippen LogP contribution in [0, 0.1) is 5.41 Å². The molecule has 2 N–H and O–H groups in total. The highest BCUT2D eigenvalue weighted by molar-refractivity contribution is 6.05. The van der Waals surface area contributed by atoms with Crippen molar-refractivity contribution in [2.45, 2.75) is 32.7 Å². The van der Waals surface area contributed by atoms with Crippen molar-refractivity contribution in [1.82, 2.24) is 10.2 Å². The molecule has 1 saturated heterocycles. The van der Waals surface area contributed by atoms with Crippen LogP contribution in [0.1, 0.15) is 26.7 Å². The van der Waals surface area contributed by atoms with Crippen LogP contribution >= 0.6 is 0 Å². The SMILES string of the molecule is CNC(CCN1C(=O)CC(C)(C)C1=O)C(=O)O. The normalized spacial score (nSPS) is 20.8. The molecule has 0 aromatic heterocycles. The van der Waals surface area contributed by atoms with Crippen LogP contribution in [0.4, 0.5) is 0 Å². The van der Waals surface area contributed by atoms with Crippen molar-refractivity contribution in [3.8, 4) is 0 Å². The molecule has 0 spiro atoms. The van der Waals surface area contributed by atoms with E-state index in [0.29, 0.717) is 0 Å². The Morgan fingerprint density at radius 3 is 2.47 bits per heavy atom. The number of likely N-dealkylation sites (N-methyl/N-ethyl adjacent to an activating group) is 1. The molecule has 1 rings (SSSR count). The zero-order valence-electron chi connectivity index (χ0n) is 10.3. The third-order valence-electron chi connectivity index (χ3n) is 3.01. The maximum atomic E-state index is 11.8. The molecule has 0 aromatic carbocycles. The molecule has 1 aliphatic heterocycles. The number of likely N-dealkylation sites (tertiary alicyclic amines) is 1. The van der Waals surface area contributed by atoms with E-state index in [1.54, 1.807) is 13.8 Å². The van der Waals surface area contributed by atoms with Gasteiger partial charge in [0.05, 0.1) is 5.41 Å². The average molecular weight is 242 g/mol. The quantitative estimate of drug-likeness (QED) is 0.654. The van der Waals surface area contributed by atoms with Crippen LogP contribution in [-0.2, 0) is 14.4 Å². The zero-order valence-corrected chi connectivity index (χ0v) is 10.3. The Morgan fingerprint density at radius 1 is 1.53 bits per heavy atom. The molecule has 0 aromatic rings. The number of aliphatic carboxylic acids is 1. The van der Waals surface area contributed by atoms with Crippen molar-refractivity contribution in [3.05, 3.63) is 0 Å². The Balaban J connectivity index is 2.61. The fourth-order valence-corrected chi connectivity index (χ4v) is 1.90. The van der Waals surface area contributed by atoms with Gasteiger partial charge in [-0.25, -0.2) is 0 Å². The van der Waals surface area contributed by atoms with E-state index in [2.05, 4.69) is 5.32 Å². The number of rotatable bonds is 5. The summed E-state index contributed by atoms with van der Waals surface area (Å²) in [7, 11) is 1.54. The van der Waals surface area contributed by atoms with Gasteiger partial charge in [-0.15, -0.1) is 0 Å². The Labute approximate surface area is 100.0 Å². The van der Waals surface area contributed by atoms with E-state index in [-0.39, 0.29) is 31.2 Å². The molecule has 2 amide bonds. The first kappa shape index (κ1) is 13.6. The molecule has 1 heterocycles. The summed E-state index contributed by atoms with van der Waals surface area (Å²) in [4.78, 5) is 35.4. The van der Waals surface area contributed by atoms with E-state index in [9.17, 15) is 14.4 Å². The van der Waals surface area contributed by atoms with Gasteiger partial charge in [0.1, 0.15) is 6.04 Å². The lowest BCUT2D eigenvalue weighted by atomic mass is 9.92. The molecule has 6 heteroatoms. The number of carbonyl (C=O) groups excluding carboxylic acids is 2. The van der Waals surface area contributed by atoms with Crippen LogP contribution in [0.3, 0.4) is 0 Å². The smallest absolute Gasteiger partial charge is 0.320 e. The summed E-state index contributed by atoms with van der Waals surface area (Å²) in [6, 6.07) is -0.737. The van der Waals surface area contributed by atoms with Crippen LogP contribution in [0.5, 0.6) is 0 Å². The van der Waals surface area contributed by atoms with Crippen LogP contribution in [-0.4, -0.2) is 47.4 Å². The van der Waals surface area contributed by atoms with Gasteiger partial charge in [-0.2, -0.15) is 0 Å². The standard InChI is InChI=1S/C11H18N2O4/c1-11(2)6-8(14)13(10(11)17)5-4-7(12-3)9(15)16/h7,12H,4-6H2,1-3H3,(H,15,16). The van der Waals surface area contributed by atoms with Gasteiger partial charge in [-0.05, 0) is 13.5 Å². The fourth-order valence-electron chi connectivity index (χ4n) is 1.90. The lowest BCUT2D eigenvalue weighted by molar-refractivity contribution is -0.143. The van der Waals surface area contributed by atoms with Crippen LogP contribution in [0.2, 0.25) is 0 Å². The number of hydrogen-bond donors (Lipinski definition) is 2. The minimum Gasteiger partial charge on any atom is -0.480 e. The molecule has 1 atom stereocenters. The fraction of sp³-hybridized carbons (Fsp3) is 0.727. The van der Waals surface area contributed by atoms with Crippen molar-refractivity contribution in [1.29, 1.82) is 0 Å². The van der Waals surface area contributed by atoms with Gasteiger partial charge in [-0.3, -0.25) is 19.3 Å². The molecule has 1 aliphatic rings. The van der Waals surface area contributed by atoms with Gasteiger partial charge in [-0.1, -0.05) is 13.8 Å². The molecule has 1 fully saturated rings. The van der Waals surface area contributed by atoms with Crippen molar-refractivity contribution < 1.29 is 19.5 Å². The summed E-state index contributed by atoms with van der Waals surface area (Å²) in [6.07, 6.45) is 0.419. The number of carbonyl (C=O) groups is 3. The molecule has 96 valence electrons. The van der Waals surface area contributed by atoms with Gasteiger partial charge in [0.2, 0.25) is 11.8 Å². The molecular formula is C11H18N2O4. The first-order chi connectivity index (χ1) is 7.79. The van der Waals surface area contributed by atoms with Gasteiger partial charge in [0.25, 0.3) is 0 Å². The topological polar surface area (TPSA) is 86.7 Å². The minimum absolute atomic E-state index is 0.152. The summed E-state index contributed by atoms with van der Waals surface area (Å²) in [5, 5.41) is 11.5. The second kappa shape index (κ2) is 4.83. The summed E-state index contributed by atoms with van der Waals surface area (Å²) < 4.78 is 0. The third-order valence-corrected chi connectivity index (χ3v) is 3.01. The average Bonchev–Trinajstić information content (AvgIpc) is 2.39. The first-order valence-corrected chi connectivity index (χ1v) is 5.54. The van der Waals surface area contributed by atoms with Gasteiger partial charge in [0.15, 0.2) is 0 Å². The predicted molar refractivity (Wildman–Crippen MR) is 60.2 cm³/mol. The minimum atomic E-state index is -0.981. The number of nitrogens with zero attached hydrogens (tertiary/aromatic N) is 1. The number of amides is 2. The number of carboxylic acid groups (broad SMARTS) is 1. The number of carboxylic acids is 1. The number of imide groups is 1. The van der Waals surface area contributed by atoms with Crippen molar-refractivity contribution in [3.63, 3.8) is 0 Å². The maximum Gasteiger partial charge on any atom is 0.320 e. The van der Waals surface area contributed by atoms with Crippen LogP contribution in [0.15, 0.2) is 0 Å². The van der Waals surface area contributed by atoms with Crippen LogP contribution in [0.25, 0.3) is 0 Å². The van der Waals surface area contributed by atoms with Crippen molar-refractivity contribution in [2.24, 2.45) is 5.41 Å². The second-order valence-electron chi connectivity index (χ2n) is 4.88. The number of hydrogen-bond acceptors (Lipinski definition) is 4. The Morgan fingerprint density at radius 2 is 2.12 bits per heavy atom. The van der Waals surface area contributed by atoms with Gasteiger partial charge >= 0.3 is 5.97 Å². The summed E-state index contributed by atoms with van der Waals surface area (Å²) >= 11 is 0. The monoisotopic (exact) mass is 242 g/mol. The van der Waals surface area contributed by atoms with E-state index in [4.69, 9.17) is 5.11 Å². The summed E-state index contributed by atoms with van der Waals surface area (Å²) in [5.41, 5.74) is -0.657. The first-order valence-electron chi connectivity index (χ1n) is 5.54. The van der Waals surface area contributed by atoms with Crippen molar-refractivity contribution in [2.75, 3.05) is 13.6 Å². The molecule has 1 unspecified atom stereocenters. The molecular weight excluding hydrogens is 224 g/mol. The Kier molecular flexibility index (Phi) is 3.87. The third kappa shape index (κ3) is 2.82. The van der Waals surface area contributed by atoms with Gasteiger partial charge in [0, 0.05) is 13.0 Å². The van der Waals surface area contributed by atoms with E-state index in [0.717, 1.165) is 4.90 Å².